The van der Waals surface area contributed by atoms with Gasteiger partial charge in [0.2, 0.25) is 0 Å². The minimum atomic E-state index is -0.658. The summed E-state index contributed by atoms with van der Waals surface area (Å²) in [6.07, 6.45) is 0. The molecule has 10 nitrogen and oxygen atoms in total. The number of azo groups is 1. The van der Waals surface area contributed by atoms with Gasteiger partial charge >= 0.3 is 22.8 Å². The van der Waals surface area contributed by atoms with Crippen molar-refractivity contribution in [2.24, 2.45) is 35.2 Å². The van der Waals surface area contributed by atoms with Crippen molar-refractivity contribution in [1.82, 2.24) is 14.0 Å². The number of amides is 2. The average molecular weight is 461 g/mol. The third kappa shape index (κ3) is 3.73. The molecule has 0 unspecified atom stereocenters. The molecule has 2 aromatic rings. The van der Waals surface area contributed by atoms with Crippen LogP contribution in [0.4, 0.5) is 11.4 Å². The molecule has 0 aliphatic carbocycles. The maximum Gasteiger partial charge on any atom is 2.00 e. The maximum atomic E-state index is 12.8. The molecule has 0 saturated carbocycles. The first kappa shape index (κ1) is 23.2. The van der Waals surface area contributed by atoms with Crippen molar-refractivity contribution in [2.45, 2.75) is 13.8 Å². The molecule has 0 saturated heterocycles. The van der Waals surface area contributed by atoms with Gasteiger partial charge in [-0.3, -0.25) is 24.0 Å². The zero-order valence-corrected chi connectivity index (χ0v) is 18.1. The minimum absolute atomic E-state index is 0. The fourth-order valence-corrected chi connectivity index (χ4v) is 3.19. The monoisotopic (exact) mass is 460 g/mol. The molecular formula is C19H21CuN6O4+. The summed E-state index contributed by atoms with van der Waals surface area (Å²) in [6, 6.07) is 4.70. The molecule has 2 amide bonds. The van der Waals surface area contributed by atoms with Crippen LogP contribution in [-0.2, 0) is 31.2 Å². The molecule has 0 fully saturated rings. The minimum Gasteiger partial charge on any atom is -0.858 e. The Hall–Kier alpha value is -3.04. The number of benzene rings is 1. The Morgan fingerprint density at radius 2 is 1.70 bits per heavy atom. The number of hydrogen-bond donors (Lipinski definition) is 0. The zero-order chi connectivity index (χ0) is 21.5. The number of aromatic nitrogens is 2. The molecule has 11 heteroatoms. The van der Waals surface area contributed by atoms with Crippen LogP contribution in [0.15, 0.2) is 38.2 Å². The van der Waals surface area contributed by atoms with Gasteiger partial charge in [-0.1, -0.05) is 19.9 Å². The molecule has 1 aliphatic rings. The van der Waals surface area contributed by atoms with Crippen LogP contribution in [-0.4, -0.2) is 39.4 Å². The van der Waals surface area contributed by atoms with E-state index in [1.54, 1.807) is 18.2 Å². The Morgan fingerprint density at radius 3 is 2.30 bits per heavy atom. The summed E-state index contributed by atoms with van der Waals surface area (Å²) in [5.74, 6) is -1.36. The van der Waals surface area contributed by atoms with Crippen molar-refractivity contribution in [3.05, 3.63) is 45.3 Å². The fraction of sp³-hybridized carbons (Fsp3) is 0.368. The molecule has 161 valence electrons. The van der Waals surface area contributed by atoms with Gasteiger partial charge in [-0.25, -0.2) is 4.79 Å². The Morgan fingerprint density at radius 1 is 1.03 bits per heavy atom. The normalized spacial score (nSPS) is 14.1. The predicted octanol–water partition coefficient (Wildman–Crippen LogP) is 0.993. The number of hydrogen-bond acceptors (Lipinski definition) is 7. The molecule has 2 heterocycles. The van der Waals surface area contributed by atoms with Crippen LogP contribution < -0.4 is 16.3 Å². The topological polar surface area (TPSA) is 124 Å². The van der Waals surface area contributed by atoms with E-state index in [-0.39, 0.29) is 56.9 Å². The fourth-order valence-electron chi connectivity index (χ4n) is 3.19. The van der Waals surface area contributed by atoms with E-state index in [0.29, 0.717) is 6.54 Å². The van der Waals surface area contributed by atoms with Crippen LogP contribution in [0.1, 0.15) is 34.6 Å². The quantitative estimate of drug-likeness (QED) is 0.383. The van der Waals surface area contributed by atoms with E-state index in [4.69, 9.17) is 0 Å². The Kier molecular flexibility index (Phi) is 6.79. The van der Waals surface area contributed by atoms with Gasteiger partial charge in [-0.2, -0.15) is 0 Å². The summed E-state index contributed by atoms with van der Waals surface area (Å²) < 4.78 is 2.09. The number of carbonyl (C=O) groups excluding carboxylic acids is 2. The van der Waals surface area contributed by atoms with E-state index in [1.807, 2.05) is 13.8 Å². The van der Waals surface area contributed by atoms with E-state index in [1.165, 1.54) is 30.6 Å². The smallest absolute Gasteiger partial charge is 0.858 e. The molecule has 1 radical (unpaired) electrons. The summed E-state index contributed by atoms with van der Waals surface area (Å²) >= 11 is 0. The van der Waals surface area contributed by atoms with E-state index >= 15 is 0 Å². The van der Waals surface area contributed by atoms with E-state index in [0.717, 1.165) is 4.57 Å². The second kappa shape index (κ2) is 8.76. The van der Waals surface area contributed by atoms with Gasteiger partial charge in [-0.05, 0) is 23.9 Å². The molecule has 1 aromatic carbocycles. The van der Waals surface area contributed by atoms with E-state index < -0.39 is 17.5 Å². The van der Waals surface area contributed by atoms with Gasteiger partial charge in [0.15, 0.2) is 5.49 Å². The predicted molar refractivity (Wildman–Crippen MR) is 102 cm³/mol. The van der Waals surface area contributed by atoms with Crippen LogP contribution >= 0.6 is 0 Å². The van der Waals surface area contributed by atoms with Crippen LogP contribution in [0.5, 0.6) is 5.88 Å². The van der Waals surface area contributed by atoms with Crippen molar-refractivity contribution in [3.63, 3.8) is 0 Å². The first-order chi connectivity index (χ1) is 13.7. The van der Waals surface area contributed by atoms with Gasteiger partial charge in [0, 0.05) is 27.7 Å². The van der Waals surface area contributed by atoms with Gasteiger partial charge in [0.25, 0.3) is 11.8 Å². The average Bonchev–Trinajstić information content (AvgIpc) is 2.93. The molecule has 0 spiro atoms. The van der Waals surface area contributed by atoms with Crippen molar-refractivity contribution in [2.75, 3.05) is 13.6 Å². The summed E-state index contributed by atoms with van der Waals surface area (Å²) in [5.41, 5.74) is -0.0338. The van der Waals surface area contributed by atoms with Crippen LogP contribution in [0, 0.1) is 5.92 Å². The first-order valence-electron chi connectivity index (χ1n) is 8.99. The van der Waals surface area contributed by atoms with Gasteiger partial charge in [0.1, 0.15) is 5.69 Å². The second-order valence-corrected chi connectivity index (χ2v) is 7.12. The van der Waals surface area contributed by atoms with E-state index in [2.05, 4.69) is 15.2 Å². The second-order valence-electron chi connectivity index (χ2n) is 7.12. The van der Waals surface area contributed by atoms with Gasteiger partial charge < -0.3 is 9.67 Å². The third-order valence-electron chi connectivity index (χ3n) is 4.60. The van der Waals surface area contributed by atoms with Crippen LogP contribution in [0.25, 0.3) is 0 Å². The van der Waals surface area contributed by atoms with Crippen molar-refractivity contribution in [1.29, 1.82) is 0 Å². The summed E-state index contributed by atoms with van der Waals surface area (Å²) in [5, 5.41) is 20.5. The molecule has 1 aliphatic heterocycles. The number of rotatable bonds is 4. The third-order valence-corrected chi connectivity index (χ3v) is 4.60. The summed E-state index contributed by atoms with van der Waals surface area (Å²) in [6.45, 7) is 4.12. The van der Waals surface area contributed by atoms with Crippen LogP contribution in [0.2, 0.25) is 0 Å². The molecule has 30 heavy (non-hydrogen) atoms. The summed E-state index contributed by atoms with van der Waals surface area (Å²) in [7, 11) is 4.23. The maximum absolute atomic E-state index is 12.8. The van der Waals surface area contributed by atoms with Crippen molar-refractivity contribution in [3.8, 4) is 5.88 Å². The molecule has 0 atom stereocenters. The Bertz CT molecular complexity index is 1180. The largest absolute Gasteiger partial charge is 2.00 e. The van der Waals surface area contributed by atoms with Crippen molar-refractivity contribution < 1.29 is 31.8 Å². The number of imide groups is 1. The first-order valence-corrected chi connectivity index (χ1v) is 8.99. The standard InChI is InChI=1S/C19H22N6O4.Cu/c1-10(2)9-25-16(26)11-7-6-8-12(13(11)17(25)27)21-22-14-15(20-3)23(4)19(29)24(5)18(14)28;/h6-8,10,28H,9H2,1-5H3;/q;+2/p-1. The SMILES string of the molecule is CN=c1c(N=Nc2cccc3c2C(=O)N(CC(C)C)C3=O)c([O-])n(C)c(=O)n1C.[Cu+2]. The number of fused-ring (bicyclic) bond motifs is 1. The number of nitrogens with zero attached hydrogens (tertiary/aromatic N) is 6. The van der Waals surface area contributed by atoms with E-state index in [9.17, 15) is 19.5 Å². The van der Waals surface area contributed by atoms with Gasteiger partial charge in [-0.15, -0.1) is 10.2 Å². The Labute approximate surface area is 183 Å². The van der Waals surface area contributed by atoms with Crippen LogP contribution in [0.3, 0.4) is 0 Å². The molecule has 0 bridgehead atoms. The van der Waals surface area contributed by atoms with Crippen molar-refractivity contribution >= 4 is 23.2 Å². The molecular weight excluding hydrogens is 440 g/mol. The molecule has 0 N–H and O–H groups in total. The summed E-state index contributed by atoms with van der Waals surface area (Å²) in [4.78, 5) is 42.6. The number of carbonyl (C=O) groups is 2. The molecule has 3 rings (SSSR count). The zero-order valence-electron chi connectivity index (χ0n) is 17.1. The van der Waals surface area contributed by atoms with Gasteiger partial charge in [0.05, 0.1) is 16.8 Å². The Balaban J connectivity index is 0.00000320. The molecule has 1 aromatic heterocycles.